The van der Waals surface area contributed by atoms with Gasteiger partial charge in [0.05, 0.1) is 6.61 Å². The summed E-state index contributed by atoms with van der Waals surface area (Å²) in [4.78, 5) is 10.8. The maximum atomic E-state index is 10.8. The van der Waals surface area contributed by atoms with Gasteiger partial charge < -0.3 is 14.9 Å². The zero-order valence-electron chi connectivity index (χ0n) is 7.94. The number of aliphatic hydroxyl groups is 1. The molecule has 15 heavy (non-hydrogen) atoms. The molecule has 0 aliphatic heterocycles. The van der Waals surface area contributed by atoms with Gasteiger partial charge in [-0.15, -0.1) is 0 Å². The lowest BCUT2D eigenvalue weighted by Crippen LogP contribution is -2.05. The molecule has 82 valence electrons. The second-order valence-corrected chi connectivity index (χ2v) is 3.31. The van der Waals surface area contributed by atoms with Gasteiger partial charge in [0.2, 0.25) is 0 Å². The van der Waals surface area contributed by atoms with Crippen LogP contribution in [-0.4, -0.2) is 29.4 Å². The van der Waals surface area contributed by atoms with Gasteiger partial charge in [-0.25, -0.2) is 4.79 Å². The second-order valence-electron chi connectivity index (χ2n) is 2.87. The smallest absolute Gasteiger partial charge is 0.339 e. The van der Waals surface area contributed by atoms with Gasteiger partial charge in [-0.05, 0) is 18.2 Å². The molecular formula is C10H11ClO4. The van der Waals surface area contributed by atoms with Crippen molar-refractivity contribution in [1.29, 1.82) is 0 Å². The Hall–Kier alpha value is -1.26. The van der Waals surface area contributed by atoms with Crippen LogP contribution in [-0.2, 0) is 0 Å². The first kappa shape index (κ1) is 11.8. The lowest BCUT2D eigenvalue weighted by molar-refractivity contribution is 0.0692. The van der Waals surface area contributed by atoms with Crippen molar-refractivity contribution in [2.75, 3.05) is 13.2 Å². The van der Waals surface area contributed by atoms with E-state index in [-0.39, 0.29) is 24.5 Å². The van der Waals surface area contributed by atoms with Crippen molar-refractivity contribution in [2.45, 2.75) is 6.42 Å². The number of hydrogen-bond acceptors (Lipinski definition) is 3. The van der Waals surface area contributed by atoms with E-state index in [4.69, 9.17) is 26.6 Å². The fourth-order valence-corrected chi connectivity index (χ4v) is 1.21. The average Bonchev–Trinajstić information content (AvgIpc) is 2.20. The summed E-state index contributed by atoms with van der Waals surface area (Å²) in [6.07, 6.45) is 0.460. The molecule has 0 saturated carbocycles. The zero-order valence-corrected chi connectivity index (χ0v) is 8.70. The predicted octanol–water partition coefficient (Wildman–Crippen LogP) is 1.80. The van der Waals surface area contributed by atoms with Crippen LogP contribution in [0.15, 0.2) is 18.2 Å². The number of carboxylic acid groups (broad SMARTS) is 1. The van der Waals surface area contributed by atoms with Gasteiger partial charge in [-0.3, -0.25) is 0 Å². The van der Waals surface area contributed by atoms with E-state index in [9.17, 15) is 4.79 Å². The Morgan fingerprint density at radius 2 is 2.20 bits per heavy atom. The van der Waals surface area contributed by atoms with Gasteiger partial charge in [0.25, 0.3) is 0 Å². The molecule has 0 radical (unpaired) electrons. The molecule has 4 nitrogen and oxygen atoms in total. The molecular weight excluding hydrogens is 220 g/mol. The van der Waals surface area contributed by atoms with Crippen molar-refractivity contribution in [3.63, 3.8) is 0 Å². The fourth-order valence-electron chi connectivity index (χ4n) is 1.04. The molecule has 0 aromatic heterocycles. The number of aromatic carboxylic acids is 1. The Labute approximate surface area is 92.1 Å². The fraction of sp³-hybridized carbons (Fsp3) is 0.300. The molecule has 1 rings (SSSR count). The molecule has 5 heteroatoms. The van der Waals surface area contributed by atoms with E-state index in [0.717, 1.165) is 0 Å². The van der Waals surface area contributed by atoms with Gasteiger partial charge in [0.1, 0.15) is 11.3 Å². The third kappa shape index (κ3) is 3.42. The van der Waals surface area contributed by atoms with E-state index >= 15 is 0 Å². The van der Waals surface area contributed by atoms with Crippen molar-refractivity contribution < 1.29 is 19.7 Å². The highest BCUT2D eigenvalue weighted by Gasteiger charge is 2.11. The minimum atomic E-state index is -1.09. The molecule has 0 heterocycles. The zero-order chi connectivity index (χ0) is 11.3. The highest BCUT2D eigenvalue weighted by atomic mass is 35.5. The standard InChI is InChI=1S/C10H11ClO4/c11-7-2-3-9(15-5-1-4-12)8(6-7)10(13)14/h2-3,6,12H,1,4-5H2,(H,13,14). The third-order valence-corrected chi connectivity index (χ3v) is 1.97. The number of carbonyl (C=O) groups is 1. The Morgan fingerprint density at radius 3 is 2.80 bits per heavy atom. The number of rotatable bonds is 5. The summed E-state index contributed by atoms with van der Waals surface area (Å²) in [5, 5.41) is 17.8. The Balaban J connectivity index is 2.81. The Morgan fingerprint density at radius 1 is 1.47 bits per heavy atom. The molecule has 0 unspecified atom stereocenters. The lowest BCUT2D eigenvalue weighted by atomic mass is 10.2. The number of hydrogen-bond donors (Lipinski definition) is 2. The number of halogens is 1. The quantitative estimate of drug-likeness (QED) is 0.757. The summed E-state index contributed by atoms with van der Waals surface area (Å²) in [5.41, 5.74) is 0.0282. The third-order valence-electron chi connectivity index (χ3n) is 1.73. The number of benzene rings is 1. The molecule has 1 aromatic rings. The first-order valence-electron chi connectivity index (χ1n) is 4.41. The maximum Gasteiger partial charge on any atom is 0.339 e. The van der Waals surface area contributed by atoms with Crippen LogP contribution in [0, 0.1) is 0 Å². The normalized spacial score (nSPS) is 10.0. The average molecular weight is 231 g/mol. The SMILES string of the molecule is O=C(O)c1cc(Cl)ccc1OCCCO. The molecule has 2 N–H and O–H groups in total. The summed E-state index contributed by atoms with van der Waals surface area (Å²) in [5.74, 6) is -0.822. The molecule has 0 bridgehead atoms. The van der Waals surface area contributed by atoms with Gasteiger partial charge in [0, 0.05) is 18.1 Å². The Kier molecular flexibility index (Phi) is 4.39. The van der Waals surface area contributed by atoms with Crippen molar-refractivity contribution in [3.05, 3.63) is 28.8 Å². The van der Waals surface area contributed by atoms with Crippen LogP contribution < -0.4 is 4.74 Å². The summed E-state index contributed by atoms with van der Waals surface area (Å²) in [7, 11) is 0. The van der Waals surface area contributed by atoms with Crippen LogP contribution in [0.4, 0.5) is 0 Å². The highest BCUT2D eigenvalue weighted by Crippen LogP contribution is 2.22. The maximum absolute atomic E-state index is 10.8. The van der Waals surface area contributed by atoms with Crippen LogP contribution in [0.1, 0.15) is 16.8 Å². The molecule has 0 aliphatic carbocycles. The number of carboxylic acids is 1. The molecule has 0 saturated heterocycles. The van der Waals surface area contributed by atoms with Crippen LogP contribution in [0.3, 0.4) is 0 Å². The van der Waals surface area contributed by atoms with Gasteiger partial charge >= 0.3 is 5.97 Å². The van der Waals surface area contributed by atoms with E-state index in [0.29, 0.717) is 11.4 Å². The van der Waals surface area contributed by atoms with E-state index < -0.39 is 5.97 Å². The van der Waals surface area contributed by atoms with Crippen LogP contribution in [0.2, 0.25) is 5.02 Å². The largest absolute Gasteiger partial charge is 0.493 e. The first-order chi connectivity index (χ1) is 7.15. The van der Waals surface area contributed by atoms with E-state index in [2.05, 4.69) is 0 Å². The molecule has 0 atom stereocenters. The summed E-state index contributed by atoms with van der Waals surface area (Å²) in [6.45, 7) is 0.286. The van der Waals surface area contributed by atoms with Gasteiger partial charge in [0.15, 0.2) is 0 Å². The highest BCUT2D eigenvalue weighted by molar-refractivity contribution is 6.31. The molecule has 0 amide bonds. The number of aliphatic hydroxyl groups excluding tert-OH is 1. The van der Waals surface area contributed by atoms with Crippen molar-refractivity contribution in [3.8, 4) is 5.75 Å². The van der Waals surface area contributed by atoms with Crippen LogP contribution >= 0.6 is 11.6 Å². The summed E-state index contributed by atoms with van der Waals surface area (Å²) < 4.78 is 5.19. The molecule has 0 fully saturated rings. The topological polar surface area (TPSA) is 66.8 Å². The summed E-state index contributed by atoms with van der Waals surface area (Å²) in [6, 6.07) is 4.39. The van der Waals surface area contributed by atoms with E-state index in [1.54, 1.807) is 6.07 Å². The van der Waals surface area contributed by atoms with Crippen molar-refractivity contribution in [1.82, 2.24) is 0 Å². The van der Waals surface area contributed by atoms with E-state index in [1.165, 1.54) is 12.1 Å². The van der Waals surface area contributed by atoms with Crippen molar-refractivity contribution in [2.24, 2.45) is 0 Å². The predicted molar refractivity (Wildman–Crippen MR) is 55.6 cm³/mol. The number of ether oxygens (including phenoxy) is 1. The van der Waals surface area contributed by atoms with Crippen molar-refractivity contribution >= 4 is 17.6 Å². The minimum absolute atomic E-state index is 0.00992. The minimum Gasteiger partial charge on any atom is -0.493 e. The van der Waals surface area contributed by atoms with Crippen LogP contribution in [0.5, 0.6) is 5.75 Å². The van der Waals surface area contributed by atoms with Gasteiger partial charge in [-0.1, -0.05) is 11.6 Å². The monoisotopic (exact) mass is 230 g/mol. The molecule has 0 spiro atoms. The van der Waals surface area contributed by atoms with Gasteiger partial charge in [-0.2, -0.15) is 0 Å². The molecule has 0 aliphatic rings. The first-order valence-corrected chi connectivity index (χ1v) is 4.79. The van der Waals surface area contributed by atoms with E-state index in [1.807, 2.05) is 0 Å². The second kappa shape index (κ2) is 5.58. The van der Waals surface area contributed by atoms with Crippen LogP contribution in [0.25, 0.3) is 0 Å². The Bertz CT molecular complexity index is 351. The lowest BCUT2D eigenvalue weighted by Gasteiger charge is -2.08. The molecule has 1 aromatic carbocycles. The summed E-state index contributed by atoms with van der Waals surface area (Å²) >= 11 is 5.66.